The molecule has 31 heavy (non-hydrogen) atoms. The number of hydrogen-bond acceptors (Lipinski definition) is 1. The van der Waals surface area contributed by atoms with Crippen molar-refractivity contribution in [3.63, 3.8) is 0 Å². The molecular weight excluding hydrogens is 376 g/mol. The molecule has 0 N–H and O–H groups in total. The Balaban J connectivity index is 1.39. The SMILES string of the molecule is CC=CC[C@H]1CC[C@H](c2ccc(-c3ccc(-c4ccc(COC)cc4)cc3)cc2)CC1. The number of hydrogen-bond donors (Lipinski definition) is 0. The molecular formula is C30H34O. The van der Waals surface area contributed by atoms with Gasteiger partial charge in [0.2, 0.25) is 0 Å². The Morgan fingerprint density at radius 3 is 1.68 bits per heavy atom. The highest BCUT2D eigenvalue weighted by atomic mass is 16.5. The molecule has 1 saturated carbocycles. The second kappa shape index (κ2) is 10.6. The molecule has 0 spiro atoms. The van der Waals surface area contributed by atoms with Gasteiger partial charge in [-0.05, 0) is 84.2 Å². The lowest BCUT2D eigenvalue weighted by molar-refractivity contribution is 0.185. The second-order valence-electron chi connectivity index (χ2n) is 8.85. The summed E-state index contributed by atoms with van der Waals surface area (Å²) in [5.74, 6) is 1.63. The van der Waals surface area contributed by atoms with E-state index in [0.29, 0.717) is 6.61 Å². The molecule has 0 heterocycles. The number of ether oxygens (including phenoxy) is 1. The van der Waals surface area contributed by atoms with E-state index in [-0.39, 0.29) is 0 Å². The van der Waals surface area contributed by atoms with Gasteiger partial charge in [-0.3, -0.25) is 0 Å². The summed E-state index contributed by atoms with van der Waals surface area (Å²) in [6.45, 7) is 2.79. The Bertz CT molecular complexity index is 956. The van der Waals surface area contributed by atoms with E-state index >= 15 is 0 Å². The molecule has 4 rings (SSSR count). The van der Waals surface area contributed by atoms with Crippen LogP contribution in [0.5, 0.6) is 0 Å². The third-order valence-corrected chi connectivity index (χ3v) is 6.75. The van der Waals surface area contributed by atoms with Crippen LogP contribution < -0.4 is 0 Å². The lowest BCUT2D eigenvalue weighted by atomic mass is 9.77. The van der Waals surface area contributed by atoms with Gasteiger partial charge in [-0.2, -0.15) is 0 Å². The highest BCUT2D eigenvalue weighted by Crippen LogP contribution is 2.38. The van der Waals surface area contributed by atoms with Gasteiger partial charge >= 0.3 is 0 Å². The molecule has 0 saturated heterocycles. The topological polar surface area (TPSA) is 9.23 Å². The molecule has 1 aliphatic rings. The first-order valence-corrected chi connectivity index (χ1v) is 11.7. The Hall–Kier alpha value is -2.64. The van der Waals surface area contributed by atoms with Gasteiger partial charge in [0, 0.05) is 7.11 Å². The van der Waals surface area contributed by atoms with Crippen molar-refractivity contribution in [1.29, 1.82) is 0 Å². The average Bonchev–Trinajstić information content (AvgIpc) is 2.84. The minimum atomic E-state index is 0.660. The zero-order valence-electron chi connectivity index (χ0n) is 18.9. The van der Waals surface area contributed by atoms with E-state index in [0.717, 1.165) is 11.8 Å². The van der Waals surface area contributed by atoms with Gasteiger partial charge in [0.1, 0.15) is 0 Å². The first kappa shape index (κ1) is 21.6. The smallest absolute Gasteiger partial charge is 0.0713 e. The third kappa shape index (κ3) is 5.54. The van der Waals surface area contributed by atoms with E-state index in [9.17, 15) is 0 Å². The Kier molecular flexibility index (Phi) is 7.38. The predicted octanol–water partition coefficient (Wildman–Crippen LogP) is 8.41. The summed E-state index contributed by atoms with van der Waals surface area (Å²) in [4.78, 5) is 0. The van der Waals surface area contributed by atoms with E-state index in [2.05, 4.69) is 91.9 Å². The van der Waals surface area contributed by atoms with Crippen LogP contribution in [0.4, 0.5) is 0 Å². The lowest BCUT2D eigenvalue weighted by Gasteiger charge is -2.28. The average molecular weight is 411 g/mol. The minimum absolute atomic E-state index is 0.660. The van der Waals surface area contributed by atoms with Crippen LogP contribution in [0.2, 0.25) is 0 Å². The summed E-state index contributed by atoms with van der Waals surface area (Å²) >= 11 is 0. The van der Waals surface area contributed by atoms with Crippen LogP contribution in [0.25, 0.3) is 22.3 Å². The van der Waals surface area contributed by atoms with Crippen LogP contribution in [0, 0.1) is 5.92 Å². The van der Waals surface area contributed by atoms with Gasteiger partial charge in [0.25, 0.3) is 0 Å². The van der Waals surface area contributed by atoms with Gasteiger partial charge in [-0.1, -0.05) is 84.9 Å². The fourth-order valence-electron chi connectivity index (χ4n) is 4.82. The summed E-state index contributed by atoms with van der Waals surface area (Å²) in [5, 5.41) is 0. The highest BCUT2D eigenvalue weighted by molar-refractivity contribution is 5.70. The Morgan fingerprint density at radius 2 is 1.19 bits per heavy atom. The van der Waals surface area contributed by atoms with E-state index in [4.69, 9.17) is 4.74 Å². The first-order valence-electron chi connectivity index (χ1n) is 11.7. The van der Waals surface area contributed by atoms with E-state index < -0.39 is 0 Å². The van der Waals surface area contributed by atoms with Crippen molar-refractivity contribution in [3.8, 4) is 22.3 Å². The minimum Gasteiger partial charge on any atom is -0.380 e. The fraction of sp³-hybridized carbons (Fsp3) is 0.333. The van der Waals surface area contributed by atoms with Crippen LogP contribution in [-0.2, 0) is 11.3 Å². The molecule has 1 aliphatic carbocycles. The zero-order chi connectivity index (χ0) is 21.5. The van der Waals surface area contributed by atoms with Gasteiger partial charge < -0.3 is 4.74 Å². The number of benzene rings is 3. The van der Waals surface area contributed by atoms with E-state index in [1.165, 1.54) is 65.5 Å². The molecule has 0 radical (unpaired) electrons. The molecule has 1 fully saturated rings. The highest BCUT2D eigenvalue weighted by Gasteiger charge is 2.21. The molecule has 0 aromatic heterocycles. The molecule has 1 heteroatoms. The number of rotatable bonds is 7. The Labute approximate surface area is 187 Å². The largest absolute Gasteiger partial charge is 0.380 e. The van der Waals surface area contributed by atoms with Crippen molar-refractivity contribution in [3.05, 3.63) is 96.1 Å². The van der Waals surface area contributed by atoms with Crippen LogP contribution in [0.3, 0.4) is 0 Å². The Morgan fingerprint density at radius 1 is 0.710 bits per heavy atom. The van der Waals surface area contributed by atoms with Crippen molar-refractivity contribution < 1.29 is 4.74 Å². The second-order valence-corrected chi connectivity index (χ2v) is 8.85. The summed E-state index contributed by atoms with van der Waals surface area (Å²) in [6, 6.07) is 26.9. The molecule has 3 aromatic carbocycles. The van der Waals surface area contributed by atoms with Crippen molar-refractivity contribution >= 4 is 0 Å². The van der Waals surface area contributed by atoms with Gasteiger partial charge in [-0.25, -0.2) is 0 Å². The number of methoxy groups -OCH3 is 1. The summed E-state index contributed by atoms with van der Waals surface area (Å²) in [5.41, 5.74) is 7.79. The van der Waals surface area contributed by atoms with Gasteiger partial charge in [0.05, 0.1) is 6.61 Å². The van der Waals surface area contributed by atoms with Crippen molar-refractivity contribution in [2.75, 3.05) is 7.11 Å². The van der Waals surface area contributed by atoms with Crippen LogP contribution >= 0.6 is 0 Å². The maximum Gasteiger partial charge on any atom is 0.0713 e. The third-order valence-electron chi connectivity index (χ3n) is 6.75. The van der Waals surface area contributed by atoms with E-state index in [1.807, 2.05) is 0 Å². The quantitative estimate of drug-likeness (QED) is 0.355. The normalized spacial score (nSPS) is 19.0. The monoisotopic (exact) mass is 410 g/mol. The molecule has 0 amide bonds. The summed E-state index contributed by atoms with van der Waals surface area (Å²) in [6.07, 6.45) is 11.2. The summed E-state index contributed by atoms with van der Waals surface area (Å²) < 4.78 is 5.20. The van der Waals surface area contributed by atoms with E-state index in [1.54, 1.807) is 7.11 Å². The molecule has 3 aromatic rings. The summed E-state index contributed by atoms with van der Waals surface area (Å²) in [7, 11) is 1.73. The molecule has 0 aliphatic heterocycles. The van der Waals surface area contributed by atoms with Crippen LogP contribution in [-0.4, -0.2) is 7.11 Å². The fourth-order valence-corrected chi connectivity index (χ4v) is 4.82. The van der Waals surface area contributed by atoms with Crippen LogP contribution in [0.15, 0.2) is 84.9 Å². The van der Waals surface area contributed by atoms with Gasteiger partial charge in [-0.15, -0.1) is 0 Å². The molecule has 1 nitrogen and oxygen atoms in total. The molecule has 0 unspecified atom stereocenters. The standard InChI is InChI=1S/C30H34O/c1-3-4-5-23-6-10-25(11-7-23)27-14-18-29(19-15-27)30-20-16-28(17-21-30)26-12-8-24(9-13-26)22-31-2/h3-4,8-9,12-21,23,25H,5-7,10-11,22H2,1-2H3/t23-,25-. The molecule has 160 valence electrons. The molecule has 0 bridgehead atoms. The lowest BCUT2D eigenvalue weighted by Crippen LogP contribution is -2.12. The number of allylic oxidation sites excluding steroid dienone is 2. The van der Waals surface area contributed by atoms with Crippen molar-refractivity contribution in [2.24, 2.45) is 5.92 Å². The predicted molar refractivity (Wildman–Crippen MR) is 132 cm³/mol. The van der Waals surface area contributed by atoms with Crippen molar-refractivity contribution in [1.82, 2.24) is 0 Å². The first-order chi connectivity index (χ1) is 15.3. The van der Waals surface area contributed by atoms with Crippen LogP contribution in [0.1, 0.15) is 56.1 Å². The maximum absolute atomic E-state index is 5.20. The van der Waals surface area contributed by atoms with Gasteiger partial charge in [0.15, 0.2) is 0 Å². The zero-order valence-corrected chi connectivity index (χ0v) is 18.9. The van der Waals surface area contributed by atoms with Crippen molar-refractivity contribution in [2.45, 2.75) is 51.6 Å². The molecule has 0 atom stereocenters. The maximum atomic E-state index is 5.20.